The Kier molecular flexibility index (Phi) is 6.26. The van der Waals surface area contributed by atoms with Crippen molar-refractivity contribution in [2.24, 2.45) is 21.5 Å². The number of hydroxylamine groups is 2. The van der Waals surface area contributed by atoms with Gasteiger partial charge in [-0.1, -0.05) is 36.4 Å². The second-order valence-corrected chi connectivity index (χ2v) is 6.75. The average Bonchev–Trinajstić information content (AvgIpc) is 2.54. The molecule has 0 atom stereocenters. The van der Waals surface area contributed by atoms with Crippen molar-refractivity contribution < 1.29 is 4.84 Å². The molecule has 1 heterocycles. The molecule has 140 valence electrons. The lowest BCUT2D eigenvalue weighted by molar-refractivity contribution is -0.157. The maximum absolute atomic E-state index is 5.93. The highest BCUT2D eigenvalue weighted by molar-refractivity contribution is 8.93. The summed E-state index contributed by atoms with van der Waals surface area (Å²) < 4.78 is 0. The van der Waals surface area contributed by atoms with E-state index in [0.717, 1.165) is 12.8 Å². The van der Waals surface area contributed by atoms with Gasteiger partial charge in [-0.05, 0) is 55.5 Å². The molecule has 4 N–H and O–H groups in total. The van der Waals surface area contributed by atoms with E-state index in [0.29, 0.717) is 6.61 Å². The monoisotopic (exact) mass is 419 g/mol. The summed E-state index contributed by atoms with van der Waals surface area (Å²) in [7, 11) is 0. The van der Waals surface area contributed by atoms with Crippen LogP contribution in [-0.4, -0.2) is 29.3 Å². The number of nitrogens with two attached hydrogens (primary N) is 2. The van der Waals surface area contributed by atoms with E-state index in [-0.39, 0.29) is 28.9 Å². The molecule has 6 nitrogen and oxygen atoms in total. The van der Waals surface area contributed by atoms with E-state index >= 15 is 0 Å². The fourth-order valence-electron chi connectivity index (χ4n) is 3.20. The van der Waals surface area contributed by atoms with E-state index < -0.39 is 5.66 Å². The zero-order valence-corrected chi connectivity index (χ0v) is 17.1. The van der Waals surface area contributed by atoms with Crippen molar-refractivity contribution in [3.63, 3.8) is 0 Å². The summed E-state index contributed by atoms with van der Waals surface area (Å²) >= 11 is 0. The first-order valence-electron chi connectivity index (χ1n) is 8.48. The van der Waals surface area contributed by atoms with Crippen LogP contribution in [0.2, 0.25) is 0 Å². The number of guanidine groups is 2. The fraction of sp³-hybridized carbons (Fsp3) is 0.368. The largest absolute Gasteiger partial charge is 0.368 e. The summed E-state index contributed by atoms with van der Waals surface area (Å²) in [5, 5.41) is 4.10. The highest BCUT2D eigenvalue weighted by Gasteiger charge is 2.32. The van der Waals surface area contributed by atoms with Gasteiger partial charge in [-0.2, -0.15) is 10.1 Å². The van der Waals surface area contributed by atoms with Gasteiger partial charge in [0.1, 0.15) is 0 Å². The zero-order valence-electron chi connectivity index (χ0n) is 15.4. The van der Waals surface area contributed by atoms with E-state index in [1.54, 1.807) is 0 Å². The first-order valence-corrected chi connectivity index (χ1v) is 8.48. The third kappa shape index (κ3) is 4.16. The molecule has 0 saturated carbocycles. The molecule has 1 aliphatic heterocycles. The number of nitrogens with zero attached hydrogens (tertiary/aromatic N) is 3. The minimum Gasteiger partial charge on any atom is -0.368 e. The molecule has 0 amide bonds. The van der Waals surface area contributed by atoms with Crippen LogP contribution in [0.1, 0.15) is 31.4 Å². The van der Waals surface area contributed by atoms with E-state index in [9.17, 15) is 0 Å². The predicted octanol–water partition coefficient (Wildman–Crippen LogP) is 3.27. The van der Waals surface area contributed by atoms with Gasteiger partial charge >= 0.3 is 0 Å². The number of hydrogen-bond donors (Lipinski definition) is 2. The molecule has 0 aromatic heterocycles. The van der Waals surface area contributed by atoms with E-state index in [4.69, 9.17) is 16.3 Å². The normalized spacial score (nSPS) is 16.0. The van der Waals surface area contributed by atoms with Gasteiger partial charge in [0.2, 0.25) is 11.9 Å². The van der Waals surface area contributed by atoms with E-state index in [1.165, 1.54) is 27.0 Å². The van der Waals surface area contributed by atoms with E-state index in [2.05, 4.69) is 53.3 Å². The van der Waals surface area contributed by atoms with Crippen LogP contribution in [0.5, 0.6) is 0 Å². The van der Waals surface area contributed by atoms with Crippen LogP contribution in [0, 0.1) is 6.92 Å². The number of aryl methyl sites for hydroxylation is 2. The topological polar surface area (TPSA) is 89.2 Å². The minimum absolute atomic E-state index is 0. The second kappa shape index (κ2) is 8.05. The minimum atomic E-state index is -0.661. The molecule has 0 bridgehead atoms. The summed E-state index contributed by atoms with van der Waals surface area (Å²) in [6.07, 6.45) is 1.80. The quantitative estimate of drug-likeness (QED) is 0.727. The molecule has 2 aromatic rings. The van der Waals surface area contributed by atoms with Crippen LogP contribution < -0.4 is 11.5 Å². The lowest BCUT2D eigenvalue weighted by atomic mass is 9.96. The van der Waals surface area contributed by atoms with Crippen molar-refractivity contribution in [2.75, 3.05) is 6.61 Å². The van der Waals surface area contributed by atoms with Crippen LogP contribution in [0.15, 0.2) is 46.4 Å². The highest BCUT2D eigenvalue weighted by atomic mass is 79.9. The molecule has 26 heavy (non-hydrogen) atoms. The number of halogens is 1. The number of hydrogen-bond acceptors (Lipinski definition) is 6. The number of benzene rings is 2. The maximum atomic E-state index is 5.93. The van der Waals surface area contributed by atoms with Gasteiger partial charge < -0.3 is 11.5 Å². The van der Waals surface area contributed by atoms with Crippen molar-refractivity contribution >= 4 is 39.7 Å². The van der Waals surface area contributed by atoms with Crippen molar-refractivity contribution in [1.29, 1.82) is 0 Å². The molecule has 0 spiro atoms. The SMILES string of the molecule is Br.Cc1ccc2ccccc2c1CCCON1C(N)=NC(N)=NC1(C)C. The molecular weight excluding hydrogens is 394 g/mol. The Morgan fingerprint density at radius 2 is 1.85 bits per heavy atom. The van der Waals surface area contributed by atoms with Crippen LogP contribution in [0.25, 0.3) is 10.8 Å². The third-order valence-corrected chi connectivity index (χ3v) is 4.39. The average molecular weight is 420 g/mol. The zero-order chi connectivity index (χ0) is 18.0. The van der Waals surface area contributed by atoms with Crippen LogP contribution in [0.3, 0.4) is 0 Å². The van der Waals surface area contributed by atoms with Gasteiger partial charge in [0, 0.05) is 0 Å². The highest BCUT2D eigenvalue weighted by Crippen LogP contribution is 2.24. The molecular formula is C19H26BrN5O. The molecule has 1 aliphatic rings. The maximum Gasteiger partial charge on any atom is 0.226 e. The van der Waals surface area contributed by atoms with Gasteiger partial charge in [0.25, 0.3) is 0 Å². The Morgan fingerprint density at radius 3 is 2.58 bits per heavy atom. The fourth-order valence-corrected chi connectivity index (χ4v) is 3.20. The second-order valence-electron chi connectivity index (χ2n) is 6.75. The van der Waals surface area contributed by atoms with E-state index in [1.807, 2.05) is 13.8 Å². The Hall–Kier alpha value is -2.12. The Morgan fingerprint density at radius 1 is 1.12 bits per heavy atom. The van der Waals surface area contributed by atoms with Gasteiger partial charge in [-0.3, -0.25) is 4.84 Å². The summed E-state index contributed by atoms with van der Waals surface area (Å²) in [5.74, 6) is 0.410. The molecule has 0 saturated heterocycles. The van der Waals surface area contributed by atoms with Gasteiger partial charge in [0.15, 0.2) is 5.66 Å². The lowest BCUT2D eigenvalue weighted by Crippen LogP contribution is -2.53. The van der Waals surface area contributed by atoms with Crippen LogP contribution >= 0.6 is 17.0 Å². The summed E-state index contributed by atoms with van der Waals surface area (Å²) in [6.45, 7) is 6.45. The molecule has 0 fully saturated rings. The molecule has 3 rings (SSSR count). The Bertz CT molecular complexity index is 847. The third-order valence-electron chi connectivity index (χ3n) is 4.39. The van der Waals surface area contributed by atoms with Gasteiger partial charge in [0.05, 0.1) is 6.61 Å². The predicted molar refractivity (Wildman–Crippen MR) is 112 cm³/mol. The smallest absolute Gasteiger partial charge is 0.226 e. The Balaban J connectivity index is 0.00000243. The first-order chi connectivity index (χ1) is 11.9. The summed E-state index contributed by atoms with van der Waals surface area (Å²) in [5.41, 5.74) is 13.6. The standard InChI is InChI=1S/C19H25N5O.BrH/c1-13-10-11-14-7-4-5-8-16(14)15(13)9-6-12-25-24-18(21)22-17(20)23-19(24,2)3;/h4-5,7-8,10-11H,6,9,12H2,1-3H3,(H4,20,21,22,23);1H. The van der Waals surface area contributed by atoms with Crippen molar-refractivity contribution in [3.05, 3.63) is 47.5 Å². The van der Waals surface area contributed by atoms with Crippen molar-refractivity contribution in [3.8, 4) is 0 Å². The van der Waals surface area contributed by atoms with Gasteiger partial charge in [-0.15, -0.1) is 17.0 Å². The summed E-state index contributed by atoms with van der Waals surface area (Å²) in [4.78, 5) is 14.1. The Labute approximate surface area is 164 Å². The van der Waals surface area contributed by atoms with Crippen molar-refractivity contribution in [2.45, 2.75) is 39.3 Å². The van der Waals surface area contributed by atoms with Crippen LogP contribution in [-0.2, 0) is 11.3 Å². The number of fused-ring (bicyclic) bond motifs is 1. The molecule has 0 aliphatic carbocycles. The molecule has 0 unspecified atom stereocenters. The van der Waals surface area contributed by atoms with Crippen LogP contribution in [0.4, 0.5) is 0 Å². The molecule has 7 heteroatoms. The lowest BCUT2D eigenvalue weighted by Gasteiger charge is -2.36. The first kappa shape index (κ1) is 20.2. The number of aliphatic imine (C=N–C) groups is 2. The molecule has 2 aromatic carbocycles. The summed E-state index contributed by atoms with van der Waals surface area (Å²) in [6, 6.07) is 12.8. The molecule has 0 radical (unpaired) electrons. The van der Waals surface area contributed by atoms with Crippen molar-refractivity contribution in [1.82, 2.24) is 5.06 Å². The van der Waals surface area contributed by atoms with Gasteiger partial charge in [-0.25, -0.2) is 4.99 Å². The number of rotatable bonds is 5.